The van der Waals surface area contributed by atoms with E-state index in [-0.39, 0.29) is 14.1 Å². The van der Waals surface area contributed by atoms with Gasteiger partial charge < -0.3 is 9.47 Å². The van der Waals surface area contributed by atoms with Crippen molar-refractivity contribution in [3.8, 4) is 11.5 Å². The third-order valence-corrected chi connectivity index (χ3v) is 4.58. The highest BCUT2D eigenvalue weighted by atomic mass is 35.5. The summed E-state index contributed by atoms with van der Waals surface area (Å²) in [6.45, 7) is 1.88. The number of hydrogen-bond donors (Lipinski definition) is 0. The minimum Gasteiger partial charge on any atom is -0.497 e. The van der Waals surface area contributed by atoms with Crippen molar-refractivity contribution >= 4 is 31.0 Å². The zero-order valence-electron chi connectivity index (χ0n) is 12.1. The van der Waals surface area contributed by atoms with Crippen molar-refractivity contribution in [1.29, 1.82) is 0 Å². The molecule has 0 heterocycles. The molecule has 1 unspecified atom stereocenters. The van der Waals surface area contributed by atoms with E-state index in [4.69, 9.17) is 21.1 Å². The molecule has 2 rings (SSSR count). The van der Waals surface area contributed by atoms with Crippen molar-refractivity contribution in [3.05, 3.63) is 52.5 Å². The molecule has 0 amide bonds. The van der Waals surface area contributed by atoms with E-state index in [1.807, 2.05) is 31.2 Å². The number of hydrogen-bond acceptors (Lipinski definition) is 3. The maximum Gasteiger partial charge on any atom is 0.187 e. The van der Waals surface area contributed by atoms with Gasteiger partial charge in [-0.1, -0.05) is 23.7 Å². The summed E-state index contributed by atoms with van der Waals surface area (Å²) in [7, 11) is 3.12. The number of aryl methyl sites for hydroxylation is 1. The summed E-state index contributed by atoms with van der Waals surface area (Å²) < 4.78 is 10.5. The van der Waals surface area contributed by atoms with Crippen LogP contribution < -0.4 is 14.8 Å². The van der Waals surface area contributed by atoms with Gasteiger partial charge in [0.2, 0.25) is 0 Å². The number of methoxy groups -OCH3 is 2. The first-order valence-electron chi connectivity index (χ1n) is 6.35. The predicted octanol–water partition coefficient (Wildman–Crippen LogP) is 3.81. The molecule has 0 bridgehead atoms. The Balaban J connectivity index is 2.32. The van der Waals surface area contributed by atoms with Crippen LogP contribution >= 0.6 is 20.2 Å². The smallest absolute Gasteiger partial charge is 0.187 e. The second-order valence-electron chi connectivity index (χ2n) is 4.45. The number of carbonyl (C=O) groups excluding carboxylic acids is 1. The molecule has 0 radical (unpaired) electrons. The Kier molecular flexibility index (Phi) is 5.22. The predicted molar refractivity (Wildman–Crippen MR) is 88.0 cm³/mol. The maximum atomic E-state index is 12.5. The van der Waals surface area contributed by atoms with E-state index < -0.39 is 0 Å². The Hall–Kier alpha value is -1.57. The lowest BCUT2D eigenvalue weighted by atomic mass is 10.1. The first kappa shape index (κ1) is 15.8. The number of carbonyl (C=O) groups is 1. The summed E-state index contributed by atoms with van der Waals surface area (Å²) in [5, 5.41) is 1.32. The number of ether oxygens (including phenoxy) is 2. The van der Waals surface area contributed by atoms with Crippen LogP contribution in [0.2, 0.25) is 5.02 Å². The lowest BCUT2D eigenvalue weighted by Gasteiger charge is -2.11. The van der Waals surface area contributed by atoms with Gasteiger partial charge in [0.25, 0.3) is 0 Å². The number of rotatable bonds is 5. The third-order valence-electron chi connectivity index (χ3n) is 3.11. The van der Waals surface area contributed by atoms with Gasteiger partial charge in [-0.25, -0.2) is 0 Å². The Morgan fingerprint density at radius 1 is 1.14 bits per heavy atom. The second-order valence-corrected chi connectivity index (χ2v) is 6.10. The molecule has 0 aromatic heterocycles. The van der Waals surface area contributed by atoms with Crippen molar-refractivity contribution in [3.63, 3.8) is 0 Å². The van der Waals surface area contributed by atoms with Gasteiger partial charge in [-0.2, -0.15) is 0 Å². The first-order valence-corrected chi connectivity index (χ1v) is 7.73. The Bertz CT molecular complexity index is 650. The van der Waals surface area contributed by atoms with Crippen LogP contribution in [0.5, 0.6) is 11.5 Å². The fraction of sp³-hybridized carbons (Fsp3) is 0.188. The fourth-order valence-corrected chi connectivity index (χ4v) is 3.56. The van der Waals surface area contributed by atoms with Gasteiger partial charge in [0.15, 0.2) is 5.52 Å². The van der Waals surface area contributed by atoms with Gasteiger partial charge in [-0.15, -0.1) is 0 Å². The molecular formula is C16H16ClO3P. The van der Waals surface area contributed by atoms with Crippen molar-refractivity contribution in [2.75, 3.05) is 14.2 Å². The topological polar surface area (TPSA) is 35.5 Å². The minimum atomic E-state index is -0.0520. The van der Waals surface area contributed by atoms with Crippen LogP contribution in [0.25, 0.3) is 0 Å². The van der Waals surface area contributed by atoms with Gasteiger partial charge in [-0.05, 0) is 39.3 Å². The summed E-state index contributed by atoms with van der Waals surface area (Å²) in [4.78, 5) is 12.5. The molecule has 21 heavy (non-hydrogen) atoms. The molecule has 0 saturated heterocycles. The molecule has 5 heteroatoms. The number of halogens is 1. The van der Waals surface area contributed by atoms with E-state index in [0.717, 1.165) is 10.9 Å². The van der Waals surface area contributed by atoms with Crippen LogP contribution in [0.4, 0.5) is 0 Å². The monoisotopic (exact) mass is 322 g/mol. The zero-order chi connectivity index (χ0) is 15.4. The Morgan fingerprint density at radius 3 is 2.52 bits per heavy atom. The third kappa shape index (κ3) is 3.55. The highest BCUT2D eigenvalue weighted by molar-refractivity contribution is 7.66. The van der Waals surface area contributed by atoms with Crippen LogP contribution in [-0.4, -0.2) is 19.7 Å². The van der Waals surface area contributed by atoms with Gasteiger partial charge in [-0.3, -0.25) is 4.79 Å². The van der Waals surface area contributed by atoms with Crippen LogP contribution in [0, 0.1) is 6.92 Å². The molecule has 0 fully saturated rings. The van der Waals surface area contributed by atoms with Crippen LogP contribution in [0.15, 0.2) is 36.4 Å². The van der Waals surface area contributed by atoms with E-state index in [9.17, 15) is 4.79 Å². The van der Waals surface area contributed by atoms with Crippen molar-refractivity contribution in [1.82, 2.24) is 0 Å². The van der Waals surface area contributed by atoms with Gasteiger partial charge in [0, 0.05) is 16.9 Å². The van der Waals surface area contributed by atoms with E-state index in [1.54, 1.807) is 26.4 Å². The van der Waals surface area contributed by atoms with Crippen LogP contribution in [0.1, 0.15) is 15.9 Å². The zero-order valence-corrected chi connectivity index (χ0v) is 13.8. The van der Waals surface area contributed by atoms with E-state index in [0.29, 0.717) is 22.1 Å². The first-order chi connectivity index (χ1) is 10.1. The van der Waals surface area contributed by atoms with Gasteiger partial charge in [0.05, 0.1) is 19.2 Å². The molecule has 2 aromatic carbocycles. The lowest BCUT2D eigenvalue weighted by Crippen LogP contribution is -2.07. The molecule has 3 nitrogen and oxygen atoms in total. The molecule has 0 spiro atoms. The van der Waals surface area contributed by atoms with Crippen molar-refractivity contribution < 1.29 is 14.3 Å². The lowest BCUT2D eigenvalue weighted by molar-refractivity contribution is 0.108. The molecule has 0 N–H and O–H groups in total. The number of benzene rings is 2. The highest BCUT2D eigenvalue weighted by Crippen LogP contribution is 2.31. The SMILES string of the molecule is COc1ccc(PC(=O)c2c(C)cccc2Cl)c(OC)c1. The van der Waals surface area contributed by atoms with E-state index in [1.165, 1.54) is 0 Å². The van der Waals surface area contributed by atoms with Gasteiger partial charge in [0.1, 0.15) is 11.5 Å². The van der Waals surface area contributed by atoms with Gasteiger partial charge >= 0.3 is 0 Å². The van der Waals surface area contributed by atoms with E-state index in [2.05, 4.69) is 0 Å². The minimum absolute atomic E-state index is 0.00145. The molecule has 2 aromatic rings. The summed E-state index contributed by atoms with van der Waals surface area (Å²) in [6.07, 6.45) is 0. The molecular weight excluding hydrogens is 307 g/mol. The molecule has 0 aliphatic heterocycles. The molecule has 0 aliphatic rings. The second kappa shape index (κ2) is 6.93. The van der Waals surface area contributed by atoms with Crippen molar-refractivity contribution in [2.24, 2.45) is 0 Å². The summed E-state index contributed by atoms with van der Waals surface area (Å²) in [6, 6.07) is 10.9. The summed E-state index contributed by atoms with van der Waals surface area (Å²) in [5.74, 6) is 1.34. The van der Waals surface area contributed by atoms with Crippen molar-refractivity contribution in [2.45, 2.75) is 6.92 Å². The molecule has 110 valence electrons. The normalized spacial score (nSPS) is 10.9. The quantitative estimate of drug-likeness (QED) is 0.785. The van der Waals surface area contributed by atoms with Crippen LogP contribution in [0.3, 0.4) is 0 Å². The largest absolute Gasteiger partial charge is 0.497 e. The fourth-order valence-electron chi connectivity index (χ4n) is 2.01. The highest BCUT2D eigenvalue weighted by Gasteiger charge is 2.16. The Morgan fingerprint density at radius 2 is 1.90 bits per heavy atom. The van der Waals surface area contributed by atoms with E-state index >= 15 is 0 Å². The molecule has 0 aliphatic carbocycles. The Labute approximate surface area is 131 Å². The molecule has 0 saturated carbocycles. The average Bonchev–Trinajstić information content (AvgIpc) is 2.47. The molecule has 1 atom stereocenters. The van der Waals surface area contributed by atoms with Crippen LogP contribution in [-0.2, 0) is 0 Å². The standard InChI is InChI=1S/C16H16ClO3P/c1-10-5-4-6-12(17)15(10)16(18)21-14-8-7-11(19-2)9-13(14)20-3/h4-9,21H,1-3H3. The average molecular weight is 323 g/mol. The summed E-state index contributed by atoms with van der Waals surface area (Å²) >= 11 is 6.14. The maximum absolute atomic E-state index is 12.5. The summed E-state index contributed by atoms with van der Waals surface area (Å²) in [5.41, 5.74) is 1.46.